The van der Waals surface area contributed by atoms with Crippen LogP contribution in [-0.2, 0) is 47.7 Å². The molecule has 0 aliphatic heterocycles. The molecule has 2 atom stereocenters. The van der Waals surface area contributed by atoms with E-state index in [2.05, 4.69) is 125 Å². The Hall–Kier alpha value is -5.34. The quantitative estimate of drug-likeness (QED) is 0.0193. The molecule has 0 saturated carbocycles. The van der Waals surface area contributed by atoms with Gasteiger partial charge in [-0.25, -0.2) is 0 Å². The third-order valence-corrected chi connectivity index (χ3v) is 15.7. The fourth-order valence-corrected chi connectivity index (χ4v) is 9.79. The fourth-order valence-electron chi connectivity index (χ4n) is 9.79. The molecule has 0 heterocycles. The summed E-state index contributed by atoms with van der Waals surface area (Å²) in [4.78, 5) is 67.6. The zero-order valence-corrected chi connectivity index (χ0v) is 61.4. The third-order valence-electron chi connectivity index (χ3n) is 15.7. The van der Waals surface area contributed by atoms with E-state index in [1.54, 1.807) is 0 Å². The molecule has 2 unspecified atom stereocenters. The van der Waals surface area contributed by atoms with Crippen molar-refractivity contribution < 1.29 is 68.1 Å². The lowest BCUT2D eigenvalue weighted by Crippen LogP contribution is -2.28. The summed E-state index contributed by atoms with van der Waals surface area (Å²) in [6, 6.07) is 0. The van der Waals surface area contributed by atoms with Gasteiger partial charge in [-0.1, -0.05) is 253 Å². The van der Waals surface area contributed by atoms with Crippen LogP contribution in [0.2, 0.25) is 0 Å². The third kappa shape index (κ3) is 84.7. The van der Waals surface area contributed by atoms with Gasteiger partial charge in [0.1, 0.15) is 13.2 Å². The van der Waals surface area contributed by atoms with E-state index < -0.39 is 24.1 Å². The van der Waals surface area contributed by atoms with E-state index in [0.717, 1.165) is 141 Å². The predicted octanol–water partition coefficient (Wildman–Crippen LogP) is 22.1. The van der Waals surface area contributed by atoms with Crippen molar-refractivity contribution >= 4 is 35.8 Å². The van der Waals surface area contributed by atoms with Gasteiger partial charge in [0.15, 0.2) is 12.2 Å². The number of allylic oxidation sites excluding steroid dienone is 16. The topological polar surface area (TPSA) is 220 Å². The Morgan fingerprint density at radius 1 is 0.260 bits per heavy atom. The lowest BCUT2D eigenvalue weighted by molar-refractivity contribution is -0.161. The van der Waals surface area contributed by atoms with Crippen LogP contribution in [-0.4, -0.2) is 94.9 Å². The number of aliphatic carboxylic acids is 2. The minimum Gasteiger partial charge on any atom is -0.481 e. The minimum atomic E-state index is -1.08. The predicted molar refractivity (Wildman–Crippen MR) is 398 cm³/mol. The van der Waals surface area contributed by atoms with Crippen molar-refractivity contribution in [2.45, 2.75) is 361 Å². The zero-order chi connectivity index (χ0) is 70.9. The van der Waals surface area contributed by atoms with Crippen LogP contribution in [0.25, 0.3) is 0 Å². The van der Waals surface area contributed by atoms with Crippen molar-refractivity contribution in [1.82, 2.24) is 0 Å². The highest BCUT2D eigenvalue weighted by molar-refractivity contribution is 5.75. The highest BCUT2D eigenvalue weighted by atomic mass is 16.6. The van der Waals surface area contributed by atoms with E-state index in [1.165, 1.54) is 141 Å². The number of aliphatic hydroxyl groups excluding tert-OH is 2. The highest BCUT2D eigenvalue weighted by Gasteiger charge is 2.18. The number of carboxylic acids is 2. The molecular formula is C82H142O14. The molecule has 4 N–H and O–H groups in total. The first kappa shape index (κ1) is 94.8. The molecule has 0 aliphatic rings. The van der Waals surface area contributed by atoms with E-state index in [0.29, 0.717) is 25.7 Å². The molecule has 96 heavy (non-hydrogen) atoms. The second-order valence-corrected chi connectivity index (χ2v) is 25.2. The van der Waals surface area contributed by atoms with Crippen LogP contribution in [0.1, 0.15) is 349 Å². The maximum atomic E-state index is 12.1. The summed E-state index contributed by atoms with van der Waals surface area (Å²) in [5.74, 6) is -3.41. The van der Waals surface area contributed by atoms with Crippen molar-refractivity contribution in [3.05, 3.63) is 97.2 Å². The average molecular weight is 1350 g/mol. The first-order valence-corrected chi connectivity index (χ1v) is 38.5. The smallest absolute Gasteiger partial charge is 0.306 e. The van der Waals surface area contributed by atoms with Gasteiger partial charge in [0, 0.05) is 25.7 Å². The number of esters is 4. The Kier molecular flexibility index (Phi) is 81.1. The molecule has 0 bridgehead atoms. The minimum absolute atomic E-state index is 0.0799. The summed E-state index contributed by atoms with van der Waals surface area (Å²) in [6.45, 7) is 8.09. The number of hydrogen-bond acceptors (Lipinski definition) is 12. The molecule has 554 valence electrons. The normalized spacial score (nSPS) is 12.4. The first-order valence-electron chi connectivity index (χ1n) is 38.5. The number of carboxylic acid groups (broad SMARTS) is 2. The molecular weight excluding hydrogens is 1210 g/mol. The second kappa shape index (κ2) is 82.1. The Bertz CT molecular complexity index is 1860. The van der Waals surface area contributed by atoms with Crippen LogP contribution in [0.3, 0.4) is 0 Å². The van der Waals surface area contributed by atoms with Gasteiger partial charge in [0.25, 0.3) is 0 Å². The summed E-state index contributed by atoms with van der Waals surface area (Å²) < 4.78 is 21.1. The lowest BCUT2D eigenvalue weighted by atomic mass is 10.1. The Morgan fingerprint density at radius 2 is 0.458 bits per heavy atom. The summed E-state index contributed by atoms with van der Waals surface area (Å²) >= 11 is 0. The summed E-state index contributed by atoms with van der Waals surface area (Å²) in [5, 5.41) is 34.8. The molecule has 0 aromatic rings. The molecule has 0 aromatic heterocycles. The molecule has 0 amide bonds. The van der Waals surface area contributed by atoms with Crippen molar-refractivity contribution in [1.29, 1.82) is 0 Å². The van der Waals surface area contributed by atoms with Gasteiger partial charge in [-0.05, 0) is 154 Å². The highest BCUT2D eigenvalue weighted by Crippen LogP contribution is 2.15. The van der Waals surface area contributed by atoms with E-state index in [1.807, 2.05) is 0 Å². The lowest BCUT2D eigenvalue weighted by Gasteiger charge is -2.15. The second-order valence-electron chi connectivity index (χ2n) is 25.2. The van der Waals surface area contributed by atoms with Crippen LogP contribution < -0.4 is 0 Å². The van der Waals surface area contributed by atoms with Gasteiger partial charge in [0.2, 0.25) is 0 Å². The van der Waals surface area contributed by atoms with Crippen LogP contribution in [0, 0.1) is 0 Å². The van der Waals surface area contributed by atoms with Crippen LogP contribution in [0.15, 0.2) is 97.2 Å². The molecule has 0 fully saturated rings. The SMILES string of the molecule is CCCCC/C=C\C/C=C\CCCCCCCC(=O)OCC(CO)OC(=O)CCCCCCC/C=C\C/C=C\CCCCC.CCCCC/C=C\C/C=C\CCCCCCCC(=O)OCC(CO)OC(=O)CCCCCCC/C=C\C/C=C\CCCCC.O=C(O)CCC(=O)O. The Labute approximate surface area is 585 Å². The van der Waals surface area contributed by atoms with Crippen molar-refractivity contribution in [2.75, 3.05) is 26.4 Å². The van der Waals surface area contributed by atoms with E-state index in [9.17, 15) is 39.0 Å². The van der Waals surface area contributed by atoms with Crippen molar-refractivity contribution in [3.63, 3.8) is 0 Å². The van der Waals surface area contributed by atoms with Gasteiger partial charge in [0.05, 0.1) is 26.1 Å². The molecule has 14 nitrogen and oxygen atoms in total. The number of hydrogen-bond donors (Lipinski definition) is 4. The van der Waals surface area contributed by atoms with Crippen LogP contribution in [0.5, 0.6) is 0 Å². The van der Waals surface area contributed by atoms with Crippen LogP contribution in [0.4, 0.5) is 0 Å². The monoisotopic (exact) mass is 1350 g/mol. The number of rotatable bonds is 67. The van der Waals surface area contributed by atoms with Gasteiger partial charge in [-0.3, -0.25) is 28.8 Å². The number of unbranched alkanes of at least 4 members (excludes halogenated alkanes) is 32. The molecule has 14 heteroatoms. The number of carbonyl (C=O) groups is 6. The van der Waals surface area contributed by atoms with Gasteiger partial charge < -0.3 is 39.4 Å². The van der Waals surface area contributed by atoms with Crippen molar-refractivity contribution in [3.8, 4) is 0 Å². The maximum absolute atomic E-state index is 12.1. The standard InChI is InChI=1S/2C39H68O5.C4H6O4/c2*1-3-5-7-9-11-13-15-17-19-21-23-25-27-29-31-33-38(41)43-36-37(35-40)44-39(42)34-32-30-28-26-24-22-20-18-16-14-12-10-8-6-4-2;5-3(6)1-2-4(7)8/h2*11-14,17-20,37,40H,3-10,15-16,21-36H2,1-2H3;1-2H2,(H,5,6)(H,7,8)/b2*13-11-,14-12-,19-17-,20-18-;. The summed E-state index contributed by atoms with van der Waals surface area (Å²) in [6.07, 6.45) is 85.4. The Morgan fingerprint density at radius 3 is 0.667 bits per heavy atom. The van der Waals surface area contributed by atoms with Crippen molar-refractivity contribution in [2.24, 2.45) is 0 Å². The molecule has 0 spiro atoms. The number of carbonyl (C=O) groups excluding carboxylic acids is 4. The first-order chi connectivity index (χ1) is 46.9. The zero-order valence-electron chi connectivity index (χ0n) is 61.4. The summed E-state index contributed by atoms with van der Waals surface area (Å²) in [7, 11) is 0. The summed E-state index contributed by atoms with van der Waals surface area (Å²) in [5.41, 5.74) is 0. The van der Waals surface area contributed by atoms with Gasteiger partial charge >= 0.3 is 35.8 Å². The molecule has 0 saturated heterocycles. The van der Waals surface area contributed by atoms with E-state index >= 15 is 0 Å². The molecule has 0 radical (unpaired) electrons. The van der Waals surface area contributed by atoms with E-state index in [-0.39, 0.29) is 63.1 Å². The number of ether oxygens (including phenoxy) is 4. The Balaban J connectivity index is -0.00000161. The van der Waals surface area contributed by atoms with E-state index in [4.69, 9.17) is 29.2 Å². The average Bonchev–Trinajstić information content (AvgIpc) is 3.79. The largest absolute Gasteiger partial charge is 0.481 e. The van der Waals surface area contributed by atoms with Crippen LogP contribution >= 0.6 is 0 Å². The number of aliphatic hydroxyl groups is 2. The fraction of sp³-hybridized carbons (Fsp3) is 0.732. The van der Waals surface area contributed by atoms with Gasteiger partial charge in [-0.2, -0.15) is 0 Å². The molecule has 0 aliphatic carbocycles. The maximum Gasteiger partial charge on any atom is 0.306 e. The van der Waals surface area contributed by atoms with Gasteiger partial charge in [-0.15, -0.1) is 0 Å². The molecule has 0 aromatic carbocycles. The molecule has 0 rings (SSSR count).